The first kappa shape index (κ1) is 15.1. The molecule has 0 atom stereocenters. The van der Waals surface area contributed by atoms with E-state index in [2.05, 4.69) is 5.32 Å². The fraction of sp³-hybridized carbons (Fsp3) is 0.0714. The molecule has 0 aromatic heterocycles. The average molecular weight is 301 g/mol. The number of nitro benzene ring substituents is 2. The molecule has 0 saturated heterocycles. The van der Waals surface area contributed by atoms with E-state index in [9.17, 15) is 25.0 Å². The molecule has 0 saturated carbocycles. The highest BCUT2D eigenvalue weighted by Crippen LogP contribution is 2.16. The first-order valence-corrected chi connectivity index (χ1v) is 6.23. The monoisotopic (exact) mass is 301 g/mol. The van der Waals surface area contributed by atoms with Gasteiger partial charge in [0.2, 0.25) is 0 Å². The topological polar surface area (TPSA) is 115 Å². The lowest BCUT2D eigenvalue weighted by molar-refractivity contribution is -0.385. The van der Waals surface area contributed by atoms with Gasteiger partial charge < -0.3 is 5.32 Å². The van der Waals surface area contributed by atoms with Crippen LogP contribution in [-0.4, -0.2) is 22.2 Å². The lowest BCUT2D eigenvalue weighted by Crippen LogP contribution is -2.13. The summed E-state index contributed by atoms with van der Waals surface area (Å²) in [5.74, 6) is -0.242. The summed E-state index contributed by atoms with van der Waals surface area (Å²) >= 11 is 0. The van der Waals surface area contributed by atoms with E-state index in [1.807, 2.05) is 0 Å². The van der Waals surface area contributed by atoms with Crippen LogP contribution in [0.4, 0.5) is 17.1 Å². The fourth-order valence-corrected chi connectivity index (χ4v) is 1.75. The predicted molar refractivity (Wildman–Crippen MR) is 79.0 cm³/mol. The molecule has 0 spiro atoms. The summed E-state index contributed by atoms with van der Waals surface area (Å²) in [5, 5.41) is 23.9. The van der Waals surface area contributed by atoms with Crippen molar-refractivity contribution in [2.45, 2.75) is 0 Å². The Kier molecular flexibility index (Phi) is 4.42. The Morgan fingerprint density at radius 2 is 1.32 bits per heavy atom. The van der Waals surface area contributed by atoms with Gasteiger partial charge in [-0.25, -0.2) is 0 Å². The number of hydrogen-bond donors (Lipinski definition) is 1. The molecule has 22 heavy (non-hydrogen) atoms. The molecular weight excluding hydrogens is 290 g/mol. The maximum atomic E-state index is 11.9. The van der Waals surface area contributed by atoms with E-state index in [0.29, 0.717) is 11.3 Å². The van der Waals surface area contributed by atoms with Gasteiger partial charge in [-0.15, -0.1) is 0 Å². The Hall–Kier alpha value is -3.29. The summed E-state index contributed by atoms with van der Waals surface area (Å²) in [6.07, 6.45) is 0. The van der Waals surface area contributed by atoms with Crippen LogP contribution in [0.3, 0.4) is 0 Å². The van der Waals surface area contributed by atoms with Crippen molar-refractivity contribution in [3.05, 3.63) is 74.3 Å². The minimum Gasteiger partial charge on any atom is -0.378 e. The molecule has 8 heteroatoms. The third-order valence-corrected chi connectivity index (χ3v) is 2.93. The Bertz CT molecular complexity index is 710. The molecule has 8 nitrogen and oxygen atoms in total. The Morgan fingerprint density at radius 1 is 0.864 bits per heavy atom. The van der Waals surface area contributed by atoms with Crippen molar-refractivity contribution < 1.29 is 14.6 Å². The van der Waals surface area contributed by atoms with Gasteiger partial charge in [-0.05, 0) is 24.3 Å². The van der Waals surface area contributed by atoms with Crippen LogP contribution in [0.25, 0.3) is 0 Å². The minimum absolute atomic E-state index is 0.0182. The molecule has 1 N–H and O–H groups in total. The van der Waals surface area contributed by atoms with Crippen molar-refractivity contribution in [1.82, 2.24) is 0 Å². The smallest absolute Gasteiger partial charge is 0.269 e. The number of benzene rings is 2. The number of nitrogens with one attached hydrogen (secondary N) is 1. The van der Waals surface area contributed by atoms with E-state index in [-0.39, 0.29) is 23.7 Å². The van der Waals surface area contributed by atoms with E-state index < -0.39 is 9.85 Å². The average Bonchev–Trinajstić information content (AvgIpc) is 2.53. The third kappa shape index (κ3) is 3.63. The molecule has 0 amide bonds. The van der Waals surface area contributed by atoms with Crippen molar-refractivity contribution in [1.29, 1.82) is 0 Å². The van der Waals surface area contributed by atoms with E-state index in [1.165, 1.54) is 48.5 Å². The third-order valence-electron chi connectivity index (χ3n) is 2.93. The number of hydrogen-bond acceptors (Lipinski definition) is 6. The number of Topliss-reactive ketones (excluding diaryl/α,β-unsaturated/α-hetero) is 1. The molecule has 0 aliphatic rings. The maximum absolute atomic E-state index is 11.9. The van der Waals surface area contributed by atoms with Crippen LogP contribution in [0.5, 0.6) is 0 Å². The molecule has 0 radical (unpaired) electrons. The van der Waals surface area contributed by atoms with E-state index in [0.717, 1.165) is 0 Å². The van der Waals surface area contributed by atoms with Gasteiger partial charge in [-0.1, -0.05) is 0 Å². The van der Waals surface area contributed by atoms with Crippen LogP contribution in [-0.2, 0) is 0 Å². The van der Waals surface area contributed by atoms with E-state index >= 15 is 0 Å². The van der Waals surface area contributed by atoms with Crippen LogP contribution in [0.2, 0.25) is 0 Å². The summed E-state index contributed by atoms with van der Waals surface area (Å²) < 4.78 is 0. The minimum atomic E-state index is -0.538. The van der Waals surface area contributed by atoms with Crippen molar-refractivity contribution in [3.63, 3.8) is 0 Å². The summed E-state index contributed by atoms with van der Waals surface area (Å²) in [6.45, 7) is -0.0182. The number of nitrogens with zero attached hydrogens (tertiary/aromatic N) is 2. The van der Waals surface area contributed by atoms with Gasteiger partial charge in [0, 0.05) is 35.5 Å². The molecule has 0 aliphatic heterocycles. The molecular formula is C14H11N3O5. The number of rotatable bonds is 6. The maximum Gasteiger partial charge on any atom is 0.269 e. The molecule has 112 valence electrons. The van der Waals surface area contributed by atoms with E-state index in [4.69, 9.17) is 0 Å². The van der Waals surface area contributed by atoms with Gasteiger partial charge in [-0.2, -0.15) is 0 Å². The number of carbonyl (C=O) groups is 1. The lowest BCUT2D eigenvalue weighted by Gasteiger charge is -2.05. The standard InChI is InChI=1S/C14H11N3O5/c18-14(10-1-5-12(6-2-10)16(19)20)9-15-11-3-7-13(8-4-11)17(21)22/h1-8,15H,9H2. The molecule has 0 bridgehead atoms. The van der Waals surface area contributed by atoms with Gasteiger partial charge in [0.05, 0.1) is 16.4 Å². The van der Waals surface area contributed by atoms with Crippen molar-refractivity contribution in [2.75, 3.05) is 11.9 Å². The number of carbonyl (C=O) groups excluding carboxylic acids is 1. The highest BCUT2D eigenvalue weighted by atomic mass is 16.6. The number of nitro groups is 2. The SMILES string of the molecule is O=C(CNc1ccc([N+](=O)[O-])cc1)c1ccc([N+](=O)[O-])cc1. The Labute approximate surface area is 124 Å². The van der Waals surface area contributed by atoms with Gasteiger partial charge in [0.25, 0.3) is 11.4 Å². The molecule has 0 fully saturated rings. The first-order valence-electron chi connectivity index (χ1n) is 6.23. The zero-order chi connectivity index (χ0) is 16.1. The van der Waals surface area contributed by atoms with Crippen LogP contribution < -0.4 is 5.32 Å². The van der Waals surface area contributed by atoms with Crippen molar-refractivity contribution in [2.24, 2.45) is 0 Å². The molecule has 2 aromatic carbocycles. The van der Waals surface area contributed by atoms with Gasteiger partial charge in [0.15, 0.2) is 5.78 Å². The highest BCUT2D eigenvalue weighted by Gasteiger charge is 2.10. The Morgan fingerprint density at radius 3 is 1.77 bits per heavy atom. The zero-order valence-corrected chi connectivity index (χ0v) is 11.3. The number of non-ortho nitro benzene ring substituents is 2. The fourth-order valence-electron chi connectivity index (χ4n) is 1.75. The normalized spacial score (nSPS) is 10.0. The Balaban J connectivity index is 1.97. The second-order valence-electron chi connectivity index (χ2n) is 4.38. The van der Waals surface area contributed by atoms with Crippen molar-refractivity contribution in [3.8, 4) is 0 Å². The molecule has 2 aromatic rings. The highest BCUT2D eigenvalue weighted by molar-refractivity contribution is 5.99. The van der Waals surface area contributed by atoms with Gasteiger partial charge >= 0.3 is 0 Å². The van der Waals surface area contributed by atoms with Crippen LogP contribution in [0, 0.1) is 20.2 Å². The van der Waals surface area contributed by atoms with Crippen molar-refractivity contribution >= 4 is 22.8 Å². The number of ketones is 1. The first-order chi connectivity index (χ1) is 10.5. The summed E-state index contributed by atoms with van der Waals surface area (Å²) in [6, 6.07) is 11.0. The largest absolute Gasteiger partial charge is 0.378 e. The lowest BCUT2D eigenvalue weighted by atomic mass is 10.1. The molecule has 0 aliphatic carbocycles. The quantitative estimate of drug-likeness (QED) is 0.498. The summed E-state index contributed by atoms with van der Waals surface area (Å²) in [5.41, 5.74) is 0.799. The second kappa shape index (κ2) is 6.44. The summed E-state index contributed by atoms with van der Waals surface area (Å²) in [4.78, 5) is 31.9. The van der Waals surface area contributed by atoms with Crippen LogP contribution in [0.1, 0.15) is 10.4 Å². The summed E-state index contributed by atoms with van der Waals surface area (Å²) in [7, 11) is 0. The molecule has 0 heterocycles. The van der Waals surface area contributed by atoms with Gasteiger partial charge in [0.1, 0.15) is 0 Å². The number of anilines is 1. The zero-order valence-electron chi connectivity index (χ0n) is 11.3. The predicted octanol–water partition coefficient (Wildman–Crippen LogP) is 2.80. The molecule has 0 unspecified atom stereocenters. The molecule has 2 rings (SSSR count). The van der Waals surface area contributed by atoms with Crippen LogP contribution in [0.15, 0.2) is 48.5 Å². The second-order valence-corrected chi connectivity index (χ2v) is 4.38. The van der Waals surface area contributed by atoms with Gasteiger partial charge in [-0.3, -0.25) is 25.0 Å². The van der Waals surface area contributed by atoms with Crippen LogP contribution >= 0.6 is 0 Å². The van der Waals surface area contributed by atoms with E-state index in [1.54, 1.807) is 0 Å².